The molecule has 106 valence electrons. The van der Waals surface area contributed by atoms with Crippen LogP contribution in [0, 0.1) is 0 Å². The molecule has 0 radical (unpaired) electrons. The lowest BCUT2D eigenvalue weighted by molar-refractivity contribution is 0.827. The van der Waals surface area contributed by atoms with Crippen molar-refractivity contribution in [2.45, 2.75) is 29.1 Å². The van der Waals surface area contributed by atoms with Crippen molar-refractivity contribution in [2.75, 3.05) is 29.9 Å². The molecular weight excluding hydrogens is 290 g/mol. The van der Waals surface area contributed by atoms with Gasteiger partial charge in [0.1, 0.15) is 0 Å². The van der Waals surface area contributed by atoms with Crippen LogP contribution in [0.25, 0.3) is 0 Å². The van der Waals surface area contributed by atoms with Crippen molar-refractivity contribution in [2.24, 2.45) is 0 Å². The van der Waals surface area contributed by atoms with E-state index in [-0.39, 0.29) is 0 Å². The summed E-state index contributed by atoms with van der Waals surface area (Å²) >= 11 is 3.30. The minimum absolute atomic E-state index is 0.670. The Morgan fingerprint density at radius 3 is 2.85 bits per heavy atom. The maximum absolute atomic E-state index is 4.61. The smallest absolute Gasteiger partial charge is 0.231 e. The monoisotopic (exact) mass is 307 g/mol. The van der Waals surface area contributed by atoms with Crippen LogP contribution in [0.5, 0.6) is 0 Å². The fourth-order valence-corrected chi connectivity index (χ4v) is 3.72. The molecule has 0 spiro atoms. The normalized spacial score (nSPS) is 14.8. The first-order valence-corrected chi connectivity index (χ1v) is 8.51. The fraction of sp³-hybridized carbons (Fsp3) is 0.462. The highest BCUT2D eigenvalue weighted by Crippen LogP contribution is 2.30. The van der Waals surface area contributed by atoms with Gasteiger partial charge in [-0.3, -0.25) is 0 Å². The topological polar surface area (TPSA) is 53.9 Å². The van der Waals surface area contributed by atoms with Crippen LogP contribution in [-0.4, -0.2) is 34.6 Å². The van der Waals surface area contributed by atoms with Crippen molar-refractivity contribution in [1.82, 2.24) is 15.0 Å². The number of hydrogen-bond acceptors (Lipinski definition) is 7. The van der Waals surface area contributed by atoms with E-state index in [0.717, 1.165) is 30.7 Å². The van der Waals surface area contributed by atoms with Gasteiger partial charge in [0.15, 0.2) is 5.16 Å². The third-order valence-electron chi connectivity index (χ3n) is 3.01. The molecule has 0 aliphatic carbocycles. The zero-order valence-corrected chi connectivity index (χ0v) is 13.0. The molecule has 7 heteroatoms. The predicted octanol–water partition coefficient (Wildman–Crippen LogP) is 3.12. The Kier molecular flexibility index (Phi) is 4.37. The number of nitrogens with zero attached hydrogens (tertiary/aromatic N) is 4. The van der Waals surface area contributed by atoms with Gasteiger partial charge in [-0.1, -0.05) is 6.07 Å². The third-order valence-corrected chi connectivity index (χ3v) is 4.92. The molecule has 0 atom stereocenters. The fourth-order valence-electron chi connectivity index (χ4n) is 2.10. The second-order valence-electron chi connectivity index (χ2n) is 4.50. The summed E-state index contributed by atoms with van der Waals surface area (Å²) in [6, 6.07) is 4.13. The summed E-state index contributed by atoms with van der Waals surface area (Å²) < 4.78 is 1.20. The molecule has 20 heavy (non-hydrogen) atoms. The molecule has 0 bridgehead atoms. The second kappa shape index (κ2) is 6.41. The van der Waals surface area contributed by atoms with Crippen LogP contribution in [0.4, 0.5) is 11.9 Å². The molecule has 1 saturated heterocycles. The van der Waals surface area contributed by atoms with Crippen LogP contribution in [0.2, 0.25) is 0 Å². The number of hydrogen-bond donors (Lipinski definition) is 1. The van der Waals surface area contributed by atoms with Gasteiger partial charge in [0, 0.05) is 19.6 Å². The predicted molar refractivity (Wildman–Crippen MR) is 83.9 cm³/mol. The molecule has 1 fully saturated rings. The highest BCUT2D eigenvalue weighted by atomic mass is 32.2. The molecule has 1 N–H and O–H groups in total. The number of nitrogens with one attached hydrogen (secondary N) is 1. The highest BCUT2D eigenvalue weighted by Gasteiger charge is 2.17. The Morgan fingerprint density at radius 2 is 2.15 bits per heavy atom. The highest BCUT2D eigenvalue weighted by molar-refractivity contribution is 8.01. The zero-order valence-electron chi connectivity index (χ0n) is 11.4. The molecule has 0 amide bonds. The number of anilines is 2. The van der Waals surface area contributed by atoms with Crippen molar-refractivity contribution in [3.63, 3.8) is 0 Å². The van der Waals surface area contributed by atoms with Crippen LogP contribution < -0.4 is 10.2 Å². The average molecular weight is 307 g/mol. The first kappa shape index (κ1) is 13.6. The van der Waals surface area contributed by atoms with Gasteiger partial charge >= 0.3 is 0 Å². The molecule has 2 aromatic rings. The van der Waals surface area contributed by atoms with Gasteiger partial charge in [-0.05, 0) is 43.0 Å². The van der Waals surface area contributed by atoms with E-state index in [1.807, 2.05) is 13.0 Å². The van der Waals surface area contributed by atoms with E-state index in [4.69, 9.17) is 0 Å². The van der Waals surface area contributed by atoms with Gasteiger partial charge < -0.3 is 10.2 Å². The van der Waals surface area contributed by atoms with Crippen LogP contribution in [0.3, 0.4) is 0 Å². The van der Waals surface area contributed by atoms with Gasteiger partial charge in [-0.2, -0.15) is 15.0 Å². The van der Waals surface area contributed by atoms with Gasteiger partial charge in [0.2, 0.25) is 11.9 Å². The molecule has 5 nitrogen and oxygen atoms in total. The summed E-state index contributed by atoms with van der Waals surface area (Å²) in [6.45, 7) is 4.94. The molecule has 3 heterocycles. The van der Waals surface area contributed by atoms with Gasteiger partial charge in [-0.25, -0.2) is 0 Å². The summed E-state index contributed by atoms with van der Waals surface area (Å²) in [5.41, 5.74) is 0. The van der Waals surface area contributed by atoms with Crippen LogP contribution in [-0.2, 0) is 0 Å². The average Bonchev–Trinajstić information content (AvgIpc) is 3.11. The SMILES string of the molecule is CCNc1nc(Sc2cccs2)nc(N2CCCC2)n1. The molecule has 1 aliphatic heterocycles. The molecule has 0 unspecified atom stereocenters. The Morgan fingerprint density at radius 1 is 1.30 bits per heavy atom. The number of rotatable bonds is 5. The molecule has 0 saturated carbocycles. The van der Waals surface area contributed by atoms with E-state index in [1.165, 1.54) is 17.1 Å². The Balaban J connectivity index is 1.87. The molecule has 0 aromatic carbocycles. The standard InChI is InChI=1S/C13H17N5S2/c1-2-14-11-15-12(18-7-3-4-8-18)17-13(16-11)20-10-6-5-9-19-10/h5-6,9H,2-4,7-8H2,1H3,(H,14,15,16,17). The lowest BCUT2D eigenvalue weighted by Gasteiger charge is -2.16. The van der Waals surface area contributed by atoms with Crippen LogP contribution in [0.1, 0.15) is 19.8 Å². The quantitative estimate of drug-likeness (QED) is 0.916. The number of thiophene rings is 1. The van der Waals surface area contributed by atoms with Crippen molar-refractivity contribution in [3.05, 3.63) is 17.5 Å². The molecule has 3 rings (SSSR count). The van der Waals surface area contributed by atoms with Crippen molar-refractivity contribution in [1.29, 1.82) is 0 Å². The maximum Gasteiger partial charge on any atom is 0.231 e. The van der Waals surface area contributed by atoms with Crippen LogP contribution >= 0.6 is 23.1 Å². The first-order chi connectivity index (χ1) is 9.85. The summed E-state index contributed by atoms with van der Waals surface area (Å²) in [6.07, 6.45) is 2.44. The van der Waals surface area contributed by atoms with E-state index >= 15 is 0 Å². The summed E-state index contributed by atoms with van der Waals surface area (Å²) in [5, 5.41) is 6.02. The van der Waals surface area contributed by atoms with Crippen molar-refractivity contribution < 1.29 is 0 Å². The van der Waals surface area contributed by atoms with Crippen LogP contribution in [0.15, 0.2) is 26.9 Å². The first-order valence-electron chi connectivity index (χ1n) is 6.81. The molecule has 2 aromatic heterocycles. The van der Waals surface area contributed by atoms with Gasteiger partial charge in [0.25, 0.3) is 0 Å². The van der Waals surface area contributed by atoms with E-state index in [9.17, 15) is 0 Å². The maximum atomic E-state index is 4.61. The Labute approximate surface area is 126 Å². The molecule has 1 aliphatic rings. The largest absolute Gasteiger partial charge is 0.354 e. The van der Waals surface area contributed by atoms with E-state index in [2.05, 4.69) is 36.6 Å². The summed E-state index contributed by atoms with van der Waals surface area (Å²) in [7, 11) is 0. The lowest BCUT2D eigenvalue weighted by Crippen LogP contribution is -2.21. The summed E-state index contributed by atoms with van der Waals surface area (Å²) in [5.74, 6) is 1.47. The van der Waals surface area contributed by atoms with Crippen molar-refractivity contribution >= 4 is 35.0 Å². The Bertz CT molecular complexity index is 552. The minimum atomic E-state index is 0.670. The van der Waals surface area contributed by atoms with Gasteiger partial charge in [-0.15, -0.1) is 11.3 Å². The molecular formula is C13H17N5S2. The van der Waals surface area contributed by atoms with E-state index in [1.54, 1.807) is 23.1 Å². The third kappa shape index (κ3) is 3.21. The lowest BCUT2D eigenvalue weighted by atomic mass is 10.4. The zero-order chi connectivity index (χ0) is 13.8. The summed E-state index contributed by atoms with van der Waals surface area (Å²) in [4.78, 5) is 15.8. The second-order valence-corrected chi connectivity index (χ2v) is 6.72. The number of aromatic nitrogens is 3. The van der Waals surface area contributed by atoms with Crippen molar-refractivity contribution in [3.8, 4) is 0 Å². The van der Waals surface area contributed by atoms with E-state index < -0.39 is 0 Å². The minimum Gasteiger partial charge on any atom is -0.354 e. The van der Waals surface area contributed by atoms with Gasteiger partial charge in [0.05, 0.1) is 4.21 Å². The Hall–Kier alpha value is -1.34. The van der Waals surface area contributed by atoms with E-state index in [0.29, 0.717) is 5.95 Å².